The van der Waals surface area contributed by atoms with Crippen LogP contribution in [0.25, 0.3) is 10.9 Å². The van der Waals surface area contributed by atoms with Crippen LogP contribution < -0.4 is 5.32 Å². The summed E-state index contributed by atoms with van der Waals surface area (Å²) in [7, 11) is 0. The van der Waals surface area contributed by atoms with E-state index in [-0.39, 0.29) is 17.8 Å². The first-order valence-corrected chi connectivity index (χ1v) is 7.51. The molecule has 21 heavy (non-hydrogen) atoms. The molecule has 0 spiro atoms. The summed E-state index contributed by atoms with van der Waals surface area (Å²) in [4.78, 5) is 16.8. The van der Waals surface area contributed by atoms with Gasteiger partial charge in [0, 0.05) is 17.5 Å². The second-order valence-electron chi connectivity index (χ2n) is 5.77. The maximum atomic E-state index is 13.2. The number of benzene rings is 1. The number of amides is 1. The van der Waals surface area contributed by atoms with Gasteiger partial charge in [-0.05, 0) is 38.0 Å². The number of carbonyl (C=O) groups excluding carboxylic acids is 1. The van der Waals surface area contributed by atoms with Gasteiger partial charge in [-0.1, -0.05) is 19.3 Å². The van der Waals surface area contributed by atoms with Gasteiger partial charge in [-0.25, -0.2) is 4.39 Å². The van der Waals surface area contributed by atoms with Crippen molar-refractivity contribution >= 4 is 16.8 Å². The summed E-state index contributed by atoms with van der Waals surface area (Å²) in [5.41, 5.74) is 1.81. The van der Waals surface area contributed by atoms with Crippen LogP contribution in [0.5, 0.6) is 0 Å². The van der Waals surface area contributed by atoms with Crippen LogP contribution in [-0.2, 0) is 0 Å². The molecule has 4 heteroatoms. The monoisotopic (exact) mass is 286 g/mol. The normalized spacial score (nSPS) is 16.1. The summed E-state index contributed by atoms with van der Waals surface area (Å²) >= 11 is 0. The Labute approximate surface area is 123 Å². The predicted octanol–water partition coefficient (Wildman–Crippen LogP) is 3.74. The zero-order valence-electron chi connectivity index (χ0n) is 12.2. The standard InChI is InChI=1S/C17H19FN2O/c1-11-15(17(21)20-14-5-3-2-4-6-14)9-12-7-8-13(18)10-16(12)19-11/h7-10,14H,2-6H2,1H3,(H,20,21). The number of pyridine rings is 1. The molecule has 1 saturated carbocycles. The first-order chi connectivity index (χ1) is 10.1. The van der Waals surface area contributed by atoms with Gasteiger partial charge in [0.2, 0.25) is 0 Å². The molecule has 1 N–H and O–H groups in total. The van der Waals surface area contributed by atoms with Crippen LogP contribution in [0.4, 0.5) is 4.39 Å². The zero-order valence-corrected chi connectivity index (χ0v) is 12.2. The van der Waals surface area contributed by atoms with E-state index in [9.17, 15) is 9.18 Å². The van der Waals surface area contributed by atoms with Crippen molar-refractivity contribution in [2.75, 3.05) is 0 Å². The van der Waals surface area contributed by atoms with Crippen molar-refractivity contribution in [3.8, 4) is 0 Å². The molecular weight excluding hydrogens is 267 g/mol. The number of aryl methyl sites for hydroxylation is 1. The lowest BCUT2D eigenvalue weighted by Crippen LogP contribution is -2.36. The Balaban J connectivity index is 1.86. The largest absolute Gasteiger partial charge is 0.349 e. The zero-order chi connectivity index (χ0) is 14.8. The number of nitrogens with one attached hydrogen (secondary N) is 1. The molecule has 1 aromatic heterocycles. The fourth-order valence-electron chi connectivity index (χ4n) is 2.98. The van der Waals surface area contributed by atoms with Crippen molar-refractivity contribution in [3.05, 3.63) is 41.3 Å². The Morgan fingerprint density at radius 2 is 2.00 bits per heavy atom. The van der Waals surface area contributed by atoms with E-state index >= 15 is 0 Å². The van der Waals surface area contributed by atoms with Crippen LogP contribution in [0.1, 0.15) is 48.2 Å². The number of aromatic nitrogens is 1. The first kappa shape index (κ1) is 14.0. The van der Waals surface area contributed by atoms with Crippen LogP contribution in [0.2, 0.25) is 0 Å². The highest BCUT2D eigenvalue weighted by atomic mass is 19.1. The molecule has 0 atom stereocenters. The number of fused-ring (bicyclic) bond motifs is 1. The minimum Gasteiger partial charge on any atom is -0.349 e. The van der Waals surface area contributed by atoms with E-state index in [4.69, 9.17) is 0 Å². The van der Waals surface area contributed by atoms with Crippen molar-refractivity contribution in [1.82, 2.24) is 10.3 Å². The molecule has 0 aliphatic heterocycles. The van der Waals surface area contributed by atoms with E-state index in [2.05, 4.69) is 10.3 Å². The fourth-order valence-corrected chi connectivity index (χ4v) is 2.98. The SMILES string of the molecule is Cc1nc2cc(F)ccc2cc1C(=O)NC1CCCCC1. The van der Waals surface area contributed by atoms with E-state index < -0.39 is 0 Å². The third-order valence-electron chi connectivity index (χ3n) is 4.16. The van der Waals surface area contributed by atoms with Gasteiger partial charge in [0.25, 0.3) is 5.91 Å². The van der Waals surface area contributed by atoms with E-state index in [1.54, 1.807) is 19.1 Å². The van der Waals surface area contributed by atoms with Crippen LogP contribution in [0.3, 0.4) is 0 Å². The van der Waals surface area contributed by atoms with Crippen molar-refractivity contribution in [2.24, 2.45) is 0 Å². The third-order valence-corrected chi connectivity index (χ3v) is 4.16. The van der Waals surface area contributed by atoms with Gasteiger partial charge in [-0.2, -0.15) is 0 Å². The Morgan fingerprint density at radius 3 is 2.76 bits per heavy atom. The van der Waals surface area contributed by atoms with Crippen molar-refractivity contribution in [3.63, 3.8) is 0 Å². The third kappa shape index (κ3) is 3.04. The molecule has 3 nitrogen and oxygen atoms in total. The van der Waals surface area contributed by atoms with Gasteiger partial charge in [-0.15, -0.1) is 0 Å². The van der Waals surface area contributed by atoms with Gasteiger partial charge in [0.15, 0.2) is 0 Å². The Kier molecular flexibility index (Phi) is 3.86. The first-order valence-electron chi connectivity index (χ1n) is 7.51. The van der Waals surface area contributed by atoms with Gasteiger partial charge in [0.1, 0.15) is 5.82 Å². The summed E-state index contributed by atoms with van der Waals surface area (Å²) < 4.78 is 13.2. The van der Waals surface area contributed by atoms with E-state index in [0.29, 0.717) is 16.8 Å². The number of carbonyl (C=O) groups is 1. The molecule has 2 aromatic rings. The van der Waals surface area contributed by atoms with Gasteiger partial charge < -0.3 is 5.32 Å². The molecule has 0 unspecified atom stereocenters. The summed E-state index contributed by atoms with van der Waals surface area (Å²) in [5.74, 6) is -0.382. The van der Waals surface area contributed by atoms with E-state index in [1.807, 2.05) is 0 Å². The summed E-state index contributed by atoms with van der Waals surface area (Å²) in [6.45, 7) is 1.79. The van der Waals surface area contributed by atoms with Crippen LogP contribution >= 0.6 is 0 Å². The summed E-state index contributed by atoms with van der Waals surface area (Å²) in [6.07, 6.45) is 5.72. The number of rotatable bonds is 2. The Hall–Kier alpha value is -1.97. The highest BCUT2D eigenvalue weighted by Crippen LogP contribution is 2.20. The molecule has 0 radical (unpaired) electrons. The molecule has 0 bridgehead atoms. The lowest BCUT2D eigenvalue weighted by molar-refractivity contribution is 0.0927. The van der Waals surface area contributed by atoms with E-state index in [0.717, 1.165) is 18.2 Å². The highest BCUT2D eigenvalue weighted by molar-refractivity contribution is 5.98. The number of hydrogen-bond acceptors (Lipinski definition) is 2. The Bertz CT molecular complexity index is 678. The summed E-state index contributed by atoms with van der Waals surface area (Å²) in [6, 6.07) is 6.52. The van der Waals surface area contributed by atoms with E-state index in [1.165, 1.54) is 31.4 Å². The minimum absolute atomic E-state index is 0.0712. The molecule has 0 saturated heterocycles. The molecule has 1 aliphatic carbocycles. The van der Waals surface area contributed by atoms with Crippen molar-refractivity contribution in [1.29, 1.82) is 0 Å². The summed E-state index contributed by atoms with van der Waals surface area (Å²) in [5, 5.41) is 3.89. The topological polar surface area (TPSA) is 42.0 Å². The van der Waals surface area contributed by atoms with Crippen LogP contribution in [0.15, 0.2) is 24.3 Å². The van der Waals surface area contributed by atoms with Crippen molar-refractivity contribution in [2.45, 2.75) is 45.1 Å². The number of halogens is 1. The molecule has 1 aromatic carbocycles. The molecular formula is C17H19FN2O. The quantitative estimate of drug-likeness (QED) is 0.913. The fraction of sp³-hybridized carbons (Fsp3) is 0.412. The average molecular weight is 286 g/mol. The van der Waals surface area contributed by atoms with Gasteiger partial charge in [-0.3, -0.25) is 9.78 Å². The van der Waals surface area contributed by atoms with Crippen LogP contribution in [0, 0.1) is 12.7 Å². The predicted molar refractivity (Wildman–Crippen MR) is 80.8 cm³/mol. The number of nitrogens with zero attached hydrogens (tertiary/aromatic N) is 1. The van der Waals surface area contributed by atoms with Crippen molar-refractivity contribution < 1.29 is 9.18 Å². The maximum absolute atomic E-state index is 13.2. The lowest BCUT2D eigenvalue weighted by atomic mass is 9.95. The lowest BCUT2D eigenvalue weighted by Gasteiger charge is -2.23. The number of hydrogen-bond donors (Lipinski definition) is 1. The molecule has 1 amide bonds. The second kappa shape index (κ2) is 5.80. The molecule has 3 rings (SSSR count). The van der Waals surface area contributed by atoms with Gasteiger partial charge in [0.05, 0.1) is 16.8 Å². The average Bonchev–Trinajstić information content (AvgIpc) is 2.47. The highest BCUT2D eigenvalue weighted by Gasteiger charge is 2.18. The smallest absolute Gasteiger partial charge is 0.253 e. The molecule has 1 fully saturated rings. The van der Waals surface area contributed by atoms with Crippen LogP contribution in [-0.4, -0.2) is 16.9 Å². The molecule has 1 heterocycles. The maximum Gasteiger partial charge on any atom is 0.253 e. The molecule has 1 aliphatic rings. The van der Waals surface area contributed by atoms with Gasteiger partial charge >= 0.3 is 0 Å². The minimum atomic E-state index is -0.311. The Morgan fingerprint density at radius 1 is 1.24 bits per heavy atom. The second-order valence-corrected chi connectivity index (χ2v) is 5.77. The molecule has 110 valence electrons.